The fraction of sp³-hybridized carbons (Fsp3) is 0.353. The molecule has 0 saturated carbocycles. The molecule has 0 radical (unpaired) electrons. The van der Waals surface area contributed by atoms with Crippen molar-refractivity contribution in [3.05, 3.63) is 94.1 Å². The number of aliphatic hydroxyl groups is 1. The van der Waals surface area contributed by atoms with Gasteiger partial charge in [-0.2, -0.15) is 0 Å². The van der Waals surface area contributed by atoms with Gasteiger partial charge in [0.2, 0.25) is 0 Å². The molecule has 1 saturated heterocycles. The SMILES string of the molecule is CCC/C(=C\c1ccc(O)c2ccccc12)CC[C@H]1OB(O)C[C@H]2C1=C(CO)C[C@H]1C(=O)c3ccccc3C(=O)[C@H]12. The summed E-state index contributed by atoms with van der Waals surface area (Å²) >= 11 is 0. The number of carbonyl (C=O) groups excluding carboxylic acids is 2. The van der Waals surface area contributed by atoms with Crippen molar-refractivity contribution in [2.45, 2.75) is 51.5 Å². The van der Waals surface area contributed by atoms with E-state index in [1.165, 1.54) is 5.57 Å². The van der Waals surface area contributed by atoms with Gasteiger partial charge in [-0.05, 0) is 66.1 Å². The molecule has 0 bridgehead atoms. The van der Waals surface area contributed by atoms with Crippen LogP contribution in [0.15, 0.2) is 77.4 Å². The molecule has 0 amide bonds. The Labute approximate surface area is 240 Å². The molecule has 6 nitrogen and oxygen atoms in total. The third-order valence-electron chi connectivity index (χ3n) is 9.15. The van der Waals surface area contributed by atoms with Crippen LogP contribution in [0.3, 0.4) is 0 Å². The van der Waals surface area contributed by atoms with Gasteiger partial charge < -0.3 is 19.9 Å². The molecule has 0 spiro atoms. The quantitative estimate of drug-likeness (QED) is 0.246. The number of carbonyl (C=O) groups is 2. The van der Waals surface area contributed by atoms with Crippen LogP contribution in [0.25, 0.3) is 16.8 Å². The second-order valence-corrected chi connectivity index (χ2v) is 11.6. The number of phenolic OH excluding ortho intramolecular Hbond substituents is 1. The standard InChI is InChI=1S/C34H35BO6/c1-2-7-20(16-21-13-14-29(37)24-9-4-3-8-23(21)24)12-15-30-31-22(19-36)17-27-32(28(31)18-35(40)41-30)34(39)26-11-6-5-10-25(26)33(27)38/h3-6,8-11,13-14,16,27-28,30,32,36-37,40H,2,7,12,15,17-19H2,1H3/b20-16+/t27-,28+,30-,32-/m1/s1. The van der Waals surface area contributed by atoms with E-state index in [9.17, 15) is 24.8 Å². The molecule has 2 aliphatic carbocycles. The van der Waals surface area contributed by atoms with Crippen LogP contribution in [0.4, 0.5) is 0 Å². The number of rotatable bonds is 7. The maximum absolute atomic E-state index is 13.8. The van der Waals surface area contributed by atoms with E-state index in [4.69, 9.17) is 4.65 Å². The highest BCUT2D eigenvalue weighted by Crippen LogP contribution is 2.51. The molecular weight excluding hydrogens is 515 g/mol. The van der Waals surface area contributed by atoms with Gasteiger partial charge in [-0.1, -0.05) is 79.6 Å². The van der Waals surface area contributed by atoms with Crippen LogP contribution in [-0.4, -0.2) is 46.6 Å². The number of fused-ring (bicyclic) bond motifs is 5. The van der Waals surface area contributed by atoms with Gasteiger partial charge in [0.05, 0.1) is 12.7 Å². The van der Waals surface area contributed by atoms with Crippen molar-refractivity contribution in [3.8, 4) is 5.75 Å². The molecule has 3 aromatic rings. The van der Waals surface area contributed by atoms with Gasteiger partial charge in [-0.15, -0.1) is 0 Å². The summed E-state index contributed by atoms with van der Waals surface area (Å²) in [6.45, 7) is 1.93. The Morgan fingerprint density at radius 1 is 0.951 bits per heavy atom. The average molecular weight is 550 g/mol. The average Bonchev–Trinajstić information content (AvgIpc) is 2.99. The predicted octanol–water partition coefficient (Wildman–Crippen LogP) is 6.01. The van der Waals surface area contributed by atoms with Crippen molar-refractivity contribution in [2.75, 3.05) is 6.61 Å². The maximum Gasteiger partial charge on any atom is 0.455 e. The van der Waals surface area contributed by atoms with Gasteiger partial charge in [0.15, 0.2) is 11.6 Å². The Balaban J connectivity index is 1.32. The van der Waals surface area contributed by atoms with Crippen LogP contribution in [-0.2, 0) is 4.65 Å². The number of allylic oxidation sites excluding steroid dienone is 1. The first-order valence-corrected chi connectivity index (χ1v) is 14.6. The number of hydrogen-bond donors (Lipinski definition) is 3. The highest BCUT2D eigenvalue weighted by molar-refractivity contribution is 6.43. The van der Waals surface area contributed by atoms with Crippen molar-refractivity contribution in [1.29, 1.82) is 0 Å². The number of Topliss-reactive ketones (excluding diaryl/α,β-unsaturated/α-hetero) is 2. The van der Waals surface area contributed by atoms with Gasteiger partial charge in [0, 0.05) is 28.3 Å². The van der Waals surface area contributed by atoms with E-state index in [1.54, 1.807) is 30.3 Å². The first-order valence-electron chi connectivity index (χ1n) is 14.6. The van der Waals surface area contributed by atoms with Crippen molar-refractivity contribution in [1.82, 2.24) is 0 Å². The first-order chi connectivity index (χ1) is 19.9. The van der Waals surface area contributed by atoms with E-state index in [1.807, 2.05) is 30.3 Å². The Bertz CT molecular complexity index is 1570. The molecule has 41 heavy (non-hydrogen) atoms. The Morgan fingerprint density at radius 3 is 2.39 bits per heavy atom. The lowest BCUT2D eigenvalue weighted by Crippen LogP contribution is -2.51. The summed E-state index contributed by atoms with van der Waals surface area (Å²) < 4.78 is 6.09. The van der Waals surface area contributed by atoms with E-state index < -0.39 is 25.1 Å². The van der Waals surface area contributed by atoms with Crippen LogP contribution in [0.1, 0.15) is 65.3 Å². The molecule has 1 aliphatic heterocycles. The van der Waals surface area contributed by atoms with Crippen LogP contribution >= 0.6 is 0 Å². The lowest BCUT2D eigenvalue weighted by molar-refractivity contribution is 0.0590. The molecule has 0 aromatic heterocycles. The summed E-state index contributed by atoms with van der Waals surface area (Å²) in [5.41, 5.74) is 4.83. The molecule has 1 fully saturated rings. The third-order valence-corrected chi connectivity index (χ3v) is 9.15. The summed E-state index contributed by atoms with van der Waals surface area (Å²) in [6.07, 6.45) is 5.43. The maximum atomic E-state index is 13.8. The van der Waals surface area contributed by atoms with E-state index >= 15 is 0 Å². The van der Waals surface area contributed by atoms with E-state index in [0.717, 1.165) is 40.3 Å². The lowest BCUT2D eigenvalue weighted by Gasteiger charge is -2.47. The molecule has 1 heterocycles. The molecule has 3 aliphatic rings. The van der Waals surface area contributed by atoms with Crippen molar-refractivity contribution >= 4 is 35.5 Å². The fourth-order valence-corrected chi connectivity index (χ4v) is 7.37. The summed E-state index contributed by atoms with van der Waals surface area (Å²) in [5, 5.41) is 33.4. The Morgan fingerprint density at radius 2 is 1.66 bits per heavy atom. The van der Waals surface area contributed by atoms with Gasteiger partial charge >= 0.3 is 7.12 Å². The smallest absolute Gasteiger partial charge is 0.455 e. The normalized spacial score (nSPS) is 24.4. The van der Waals surface area contributed by atoms with E-state index in [-0.39, 0.29) is 36.2 Å². The number of aliphatic hydroxyl groups excluding tert-OH is 1. The molecule has 3 N–H and O–H groups in total. The van der Waals surface area contributed by atoms with Crippen LogP contribution < -0.4 is 0 Å². The number of hydrogen-bond acceptors (Lipinski definition) is 6. The summed E-state index contributed by atoms with van der Waals surface area (Å²) in [5.74, 6) is -1.29. The van der Waals surface area contributed by atoms with Crippen LogP contribution in [0.5, 0.6) is 5.75 Å². The zero-order valence-corrected chi connectivity index (χ0v) is 23.3. The topological polar surface area (TPSA) is 104 Å². The minimum absolute atomic E-state index is 0.0525. The highest BCUT2D eigenvalue weighted by atomic mass is 16.5. The van der Waals surface area contributed by atoms with Crippen molar-refractivity contribution in [3.63, 3.8) is 0 Å². The predicted molar refractivity (Wildman–Crippen MR) is 160 cm³/mol. The summed E-state index contributed by atoms with van der Waals surface area (Å²) in [4.78, 5) is 27.3. The third kappa shape index (κ3) is 4.96. The molecule has 7 heteroatoms. The number of phenols is 1. The van der Waals surface area contributed by atoms with Crippen LogP contribution in [0.2, 0.25) is 6.32 Å². The molecular formula is C34H35BO6. The number of benzene rings is 3. The number of ketones is 2. The second-order valence-electron chi connectivity index (χ2n) is 11.6. The number of aromatic hydroxyl groups is 1. The summed E-state index contributed by atoms with van der Waals surface area (Å²) in [7, 11) is -1.05. The minimum Gasteiger partial charge on any atom is -0.507 e. The van der Waals surface area contributed by atoms with Crippen molar-refractivity contribution in [2.24, 2.45) is 17.8 Å². The van der Waals surface area contributed by atoms with Crippen molar-refractivity contribution < 1.29 is 29.5 Å². The lowest BCUT2D eigenvalue weighted by atomic mass is 9.54. The van der Waals surface area contributed by atoms with Gasteiger partial charge in [-0.25, -0.2) is 0 Å². The molecule has 4 atom stereocenters. The first kappa shape index (κ1) is 27.6. The molecule has 3 aromatic carbocycles. The zero-order chi connectivity index (χ0) is 28.7. The highest BCUT2D eigenvalue weighted by Gasteiger charge is 2.53. The van der Waals surface area contributed by atoms with E-state index in [0.29, 0.717) is 30.4 Å². The van der Waals surface area contributed by atoms with Crippen LogP contribution in [0, 0.1) is 17.8 Å². The monoisotopic (exact) mass is 550 g/mol. The van der Waals surface area contributed by atoms with Gasteiger partial charge in [0.25, 0.3) is 0 Å². The van der Waals surface area contributed by atoms with Gasteiger partial charge in [-0.3, -0.25) is 9.59 Å². The second kappa shape index (κ2) is 11.4. The molecule has 210 valence electrons. The molecule has 6 rings (SSSR count). The molecule has 0 unspecified atom stereocenters. The summed E-state index contributed by atoms with van der Waals surface area (Å²) in [6, 6.07) is 18.4. The van der Waals surface area contributed by atoms with Gasteiger partial charge in [0.1, 0.15) is 5.75 Å². The fourth-order valence-electron chi connectivity index (χ4n) is 7.37. The Hall–Kier alpha value is -3.52. The largest absolute Gasteiger partial charge is 0.507 e. The minimum atomic E-state index is -1.05. The Kier molecular flexibility index (Phi) is 7.69. The van der Waals surface area contributed by atoms with E-state index in [2.05, 4.69) is 13.0 Å². The zero-order valence-electron chi connectivity index (χ0n) is 23.3.